The van der Waals surface area contributed by atoms with Gasteiger partial charge in [-0.2, -0.15) is 5.10 Å². The first-order valence-electron chi connectivity index (χ1n) is 8.66. The molecular formula is C19H25N3O. The highest BCUT2D eigenvalue weighted by atomic mass is 16.2. The van der Waals surface area contributed by atoms with Gasteiger partial charge in [-0.15, -0.1) is 0 Å². The minimum Gasteiger partial charge on any atom is -0.337 e. The average molecular weight is 311 g/mol. The maximum Gasteiger partial charge on any atom is 0.274 e. The molecule has 4 nitrogen and oxygen atoms in total. The lowest BCUT2D eigenvalue weighted by molar-refractivity contribution is 0.0755. The van der Waals surface area contributed by atoms with Crippen LogP contribution >= 0.6 is 0 Å². The molecule has 1 amide bonds. The molecule has 1 aromatic heterocycles. The standard InChI is InChI=1S/C19H25N3O/c1-2-7-17-14-18(21-20-17)19(23)22-12-6-10-16(11-13-22)15-8-4-3-5-9-15/h3-5,8-9,14,16H,2,6-7,10-13H2,1H3,(H,20,21). The van der Waals surface area contributed by atoms with E-state index < -0.39 is 0 Å². The number of aromatic amines is 1. The van der Waals surface area contributed by atoms with Gasteiger partial charge in [-0.25, -0.2) is 0 Å². The van der Waals surface area contributed by atoms with Crippen LogP contribution in [0.5, 0.6) is 0 Å². The van der Waals surface area contributed by atoms with Crippen LogP contribution in [0.1, 0.15) is 60.3 Å². The Morgan fingerprint density at radius 1 is 1.26 bits per heavy atom. The first-order chi connectivity index (χ1) is 11.3. The molecule has 0 bridgehead atoms. The Balaban J connectivity index is 1.64. The molecule has 1 N–H and O–H groups in total. The summed E-state index contributed by atoms with van der Waals surface area (Å²) in [4.78, 5) is 14.6. The monoisotopic (exact) mass is 311 g/mol. The van der Waals surface area contributed by atoms with E-state index in [-0.39, 0.29) is 5.91 Å². The topological polar surface area (TPSA) is 49.0 Å². The number of rotatable bonds is 4. The van der Waals surface area contributed by atoms with Gasteiger partial charge in [-0.1, -0.05) is 43.7 Å². The highest BCUT2D eigenvalue weighted by molar-refractivity contribution is 5.92. The predicted molar refractivity (Wildman–Crippen MR) is 91.5 cm³/mol. The molecule has 0 aliphatic carbocycles. The zero-order chi connectivity index (χ0) is 16.1. The van der Waals surface area contributed by atoms with Crippen LogP contribution in [0.2, 0.25) is 0 Å². The van der Waals surface area contributed by atoms with Crippen molar-refractivity contribution >= 4 is 5.91 Å². The van der Waals surface area contributed by atoms with Gasteiger partial charge >= 0.3 is 0 Å². The molecule has 23 heavy (non-hydrogen) atoms. The molecule has 1 aliphatic rings. The third kappa shape index (κ3) is 3.81. The van der Waals surface area contributed by atoms with Gasteiger partial charge in [-0.05, 0) is 43.2 Å². The number of H-pyrrole nitrogens is 1. The summed E-state index contributed by atoms with van der Waals surface area (Å²) in [6, 6.07) is 12.6. The SMILES string of the molecule is CCCc1cc(C(=O)N2CCCC(c3ccccc3)CC2)n[nH]1. The molecule has 1 atom stereocenters. The van der Waals surface area contributed by atoms with Crippen LogP contribution in [0.25, 0.3) is 0 Å². The number of aryl methyl sites for hydroxylation is 1. The van der Waals surface area contributed by atoms with Gasteiger partial charge in [0.05, 0.1) is 0 Å². The summed E-state index contributed by atoms with van der Waals surface area (Å²) < 4.78 is 0. The summed E-state index contributed by atoms with van der Waals surface area (Å²) in [5.74, 6) is 0.626. The van der Waals surface area contributed by atoms with Crippen LogP contribution in [0.15, 0.2) is 36.4 Å². The average Bonchev–Trinajstić information content (AvgIpc) is 2.91. The van der Waals surface area contributed by atoms with Crippen molar-refractivity contribution in [3.8, 4) is 0 Å². The Labute approximate surface area is 137 Å². The molecular weight excluding hydrogens is 286 g/mol. The predicted octanol–water partition coefficient (Wildman–Crippen LogP) is 3.77. The van der Waals surface area contributed by atoms with Crippen molar-refractivity contribution in [3.05, 3.63) is 53.3 Å². The first kappa shape index (κ1) is 15.8. The molecule has 3 rings (SSSR count). The number of nitrogens with one attached hydrogen (secondary N) is 1. The van der Waals surface area contributed by atoms with E-state index in [0.29, 0.717) is 11.6 Å². The summed E-state index contributed by atoms with van der Waals surface area (Å²) in [6.07, 6.45) is 5.23. The molecule has 1 aromatic carbocycles. The number of aromatic nitrogens is 2. The number of likely N-dealkylation sites (tertiary alicyclic amines) is 1. The van der Waals surface area contributed by atoms with Crippen molar-refractivity contribution in [1.82, 2.24) is 15.1 Å². The van der Waals surface area contributed by atoms with Crippen LogP contribution in [-0.4, -0.2) is 34.1 Å². The van der Waals surface area contributed by atoms with Gasteiger partial charge in [0.2, 0.25) is 0 Å². The minimum absolute atomic E-state index is 0.0670. The lowest BCUT2D eigenvalue weighted by Gasteiger charge is -2.19. The number of amides is 1. The number of hydrogen-bond acceptors (Lipinski definition) is 2. The fourth-order valence-electron chi connectivity index (χ4n) is 3.39. The Kier molecular flexibility index (Phi) is 5.11. The number of hydrogen-bond donors (Lipinski definition) is 1. The van der Waals surface area contributed by atoms with Crippen LogP contribution < -0.4 is 0 Å². The molecule has 0 radical (unpaired) electrons. The van der Waals surface area contributed by atoms with Crippen LogP contribution in [0, 0.1) is 0 Å². The second-order valence-electron chi connectivity index (χ2n) is 6.36. The Bertz CT molecular complexity index is 635. The Morgan fingerprint density at radius 3 is 2.87 bits per heavy atom. The number of carbonyl (C=O) groups excluding carboxylic acids is 1. The first-order valence-corrected chi connectivity index (χ1v) is 8.66. The van der Waals surface area contributed by atoms with Crippen molar-refractivity contribution in [1.29, 1.82) is 0 Å². The van der Waals surface area contributed by atoms with E-state index in [0.717, 1.165) is 50.9 Å². The fraction of sp³-hybridized carbons (Fsp3) is 0.474. The van der Waals surface area contributed by atoms with Crippen molar-refractivity contribution < 1.29 is 4.79 Å². The van der Waals surface area contributed by atoms with Gasteiger partial charge in [-0.3, -0.25) is 9.89 Å². The van der Waals surface area contributed by atoms with E-state index in [1.807, 2.05) is 11.0 Å². The van der Waals surface area contributed by atoms with Crippen molar-refractivity contribution in [2.75, 3.05) is 13.1 Å². The van der Waals surface area contributed by atoms with Gasteiger partial charge in [0, 0.05) is 18.8 Å². The van der Waals surface area contributed by atoms with Crippen LogP contribution in [0.3, 0.4) is 0 Å². The maximum absolute atomic E-state index is 12.7. The van der Waals surface area contributed by atoms with E-state index in [4.69, 9.17) is 0 Å². The summed E-state index contributed by atoms with van der Waals surface area (Å²) in [7, 11) is 0. The normalized spacial score (nSPS) is 18.7. The molecule has 0 saturated carbocycles. The van der Waals surface area contributed by atoms with E-state index in [9.17, 15) is 4.79 Å². The Morgan fingerprint density at radius 2 is 2.09 bits per heavy atom. The fourth-order valence-corrected chi connectivity index (χ4v) is 3.39. The smallest absolute Gasteiger partial charge is 0.274 e. The quantitative estimate of drug-likeness (QED) is 0.934. The third-order valence-electron chi connectivity index (χ3n) is 4.66. The van der Waals surface area contributed by atoms with Gasteiger partial charge in [0.1, 0.15) is 5.69 Å². The summed E-state index contributed by atoms with van der Waals surface area (Å²) in [6.45, 7) is 3.77. The van der Waals surface area contributed by atoms with Gasteiger partial charge in [0.15, 0.2) is 0 Å². The molecule has 1 aliphatic heterocycles. The van der Waals surface area contributed by atoms with E-state index in [2.05, 4.69) is 47.5 Å². The van der Waals surface area contributed by atoms with E-state index >= 15 is 0 Å². The number of nitrogens with zero attached hydrogens (tertiary/aromatic N) is 2. The second kappa shape index (κ2) is 7.44. The molecule has 1 unspecified atom stereocenters. The molecule has 1 fully saturated rings. The summed E-state index contributed by atoms with van der Waals surface area (Å²) >= 11 is 0. The van der Waals surface area contributed by atoms with E-state index in [1.54, 1.807) is 0 Å². The zero-order valence-electron chi connectivity index (χ0n) is 13.8. The lowest BCUT2D eigenvalue weighted by Crippen LogP contribution is -2.32. The van der Waals surface area contributed by atoms with Crippen molar-refractivity contribution in [2.24, 2.45) is 0 Å². The van der Waals surface area contributed by atoms with Gasteiger partial charge in [0.25, 0.3) is 5.91 Å². The molecule has 0 spiro atoms. The largest absolute Gasteiger partial charge is 0.337 e. The molecule has 2 aromatic rings. The van der Waals surface area contributed by atoms with E-state index in [1.165, 1.54) is 5.56 Å². The third-order valence-corrected chi connectivity index (χ3v) is 4.66. The van der Waals surface area contributed by atoms with Crippen molar-refractivity contribution in [3.63, 3.8) is 0 Å². The second-order valence-corrected chi connectivity index (χ2v) is 6.36. The zero-order valence-corrected chi connectivity index (χ0v) is 13.8. The molecule has 4 heteroatoms. The molecule has 122 valence electrons. The summed E-state index contributed by atoms with van der Waals surface area (Å²) in [5, 5.41) is 7.18. The maximum atomic E-state index is 12.7. The highest BCUT2D eigenvalue weighted by Gasteiger charge is 2.23. The molecule has 1 saturated heterocycles. The minimum atomic E-state index is 0.0670. The molecule has 2 heterocycles. The Hall–Kier alpha value is -2.10. The van der Waals surface area contributed by atoms with Crippen LogP contribution in [0.4, 0.5) is 0 Å². The number of benzene rings is 1. The van der Waals surface area contributed by atoms with Crippen molar-refractivity contribution in [2.45, 2.75) is 44.9 Å². The van der Waals surface area contributed by atoms with Crippen LogP contribution in [-0.2, 0) is 6.42 Å². The number of carbonyl (C=O) groups is 1. The lowest BCUT2D eigenvalue weighted by atomic mass is 9.92. The summed E-state index contributed by atoms with van der Waals surface area (Å²) in [5.41, 5.74) is 3.01. The highest BCUT2D eigenvalue weighted by Crippen LogP contribution is 2.28. The van der Waals surface area contributed by atoms with Gasteiger partial charge < -0.3 is 4.90 Å².